The summed E-state index contributed by atoms with van der Waals surface area (Å²) in [5.41, 5.74) is 0.787. The quantitative estimate of drug-likeness (QED) is 0.566. The molecule has 2 aromatic carbocycles. The highest BCUT2D eigenvalue weighted by molar-refractivity contribution is 7.89. The fourth-order valence-corrected chi connectivity index (χ4v) is 3.23. The Morgan fingerprint density at radius 1 is 1.04 bits per heavy atom. The molecule has 2 rings (SSSR count). The van der Waals surface area contributed by atoms with E-state index < -0.39 is 14.9 Å². The first-order valence-electron chi connectivity index (χ1n) is 7.32. The third-order valence-electron chi connectivity index (χ3n) is 3.52. The lowest BCUT2D eigenvalue weighted by molar-refractivity contribution is -0.384. The summed E-state index contributed by atoms with van der Waals surface area (Å²) in [6, 6.07) is 10.3. The van der Waals surface area contributed by atoms with Gasteiger partial charge in [0.05, 0.1) is 24.0 Å². The van der Waals surface area contributed by atoms with Crippen LogP contribution < -0.4 is 14.2 Å². The molecule has 0 saturated heterocycles. The number of hydrogen-bond acceptors (Lipinski definition) is 6. The molecule has 0 aliphatic heterocycles. The van der Waals surface area contributed by atoms with Crippen LogP contribution >= 0.6 is 0 Å². The zero-order valence-electron chi connectivity index (χ0n) is 13.8. The molecule has 0 saturated carbocycles. The molecular weight excluding hydrogens is 348 g/mol. The first kappa shape index (κ1) is 18.7. The van der Waals surface area contributed by atoms with Gasteiger partial charge in [-0.15, -0.1) is 0 Å². The van der Waals surface area contributed by atoms with Gasteiger partial charge >= 0.3 is 0 Å². The van der Waals surface area contributed by atoms with E-state index in [9.17, 15) is 18.5 Å². The van der Waals surface area contributed by atoms with Crippen molar-refractivity contribution in [1.82, 2.24) is 4.72 Å². The minimum absolute atomic E-state index is 0.00495. The lowest BCUT2D eigenvalue weighted by Crippen LogP contribution is -2.26. The van der Waals surface area contributed by atoms with Crippen LogP contribution in [-0.4, -0.2) is 34.1 Å². The van der Waals surface area contributed by atoms with Crippen LogP contribution in [0.1, 0.15) is 5.56 Å². The molecule has 0 fully saturated rings. The summed E-state index contributed by atoms with van der Waals surface area (Å²) < 4.78 is 37.4. The maximum Gasteiger partial charge on any atom is 0.269 e. The number of nitro benzene ring substituents is 1. The summed E-state index contributed by atoms with van der Waals surface area (Å²) in [6.07, 6.45) is 0.407. The number of non-ortho nitro benzene ring substituents is 1. The molecule has 0 radical (unpaired) electrons. The van der Waals surface area contributed by atoms with Gasteiger partial charge in [0.1, 0.15) is 0 Å². The second-order valence-electron chi connectivity index (χ2n) is 5.09. The maximum absolute atomic E-state index is 12.3. The van der Waals surface area contributed by atoms with Gasteiger partial charge in [-0.05, 0) is 24.1 Å². The molecule has 0 bridgehead atoms. The van der Waals surface area contributed by atoms with Gasteiger partial charge in [-0.2, -0.15) is 0 Å². The highest BCUT2D eigenvalue weighted by Crippen LogP contribution is 2.29. The van der Waals surface area contributed by atoms with Gasteiger partial charge in [-0.1, -0.05) is 12.1 Å². The standard InChI is InChI=1S/C16H18N2O6S/c1-23-15-8-7-14(11-16(15)24-2)25(21,22)17-10-9-12-3-5-13(6-4-12)18(19)20/h3-8,11,17H,9-10H2,1-2H3. The summed E-state index contributed by atoms with van der Waals surface area (Å²) in [5.74, 6) is 0.757. The zero-order chi connectivity index (χ0) is 18.4. The molecule has 0 atom stereocenters. The monoisotopic (exact) mass is 366 g/mol. The summed E-state index contributed by atoms with van der Waals surface area (Å²) in [7, 11) is -0.810. The highest BCUT2D eigenvalue weighted by Gasteiger charge is 2.16. The molecule has 0 heterocycles. The van der Waals surface area contributed by atoms with Crippen molar-refractivity contribution >= 4 is 15.7 Å². The smallest absolute Gasteiger partial charge is 0.269 e. The topological polar surface area (TPSA) is 108 Å². The van der Waals surface area contributed by atoms with E-state index in [4.69, 9.17) is 9.47 Å². The molecule has 8 nitrogen and oxygen atoms in total. The Hall–Kier alpha value is -2.65. The largest absolute Gasteiger partial charge is 0.493 e. The van der Waals surface area contributed by atoms with Gasteiger partial charge in [0, 0.05) is 24.7 Å². The van der Waals surface area contributed by atoms with E-state index in [0.717, 1.165) is 5.56 Å². The van der Waals surface area contributed by atoms with Crippen molar-refractivity contribution < 1.29 is 22.8 Å². The van der Waals surface area contributed by atoms with Crippen molar-refractivity contribution in [2.24, 2.45) is 0 Å². The van der Waals surface area contributed by atoms with Crippen LogP contribution in [0.3, 0.4) is 0 Å². The maximum atomic E-state index is 12.3. The SMILES string of the molecule is COc1ccc(S(=O)(=O)NCCc2ccc([N+](=O)[O-])cc2)cc1OC. The molecule has 0 aliphatic carbocycles. The van der Waals surface area contributed by atoms with E-state index in [-0.39, 0.29) is 17.1 Å². The molecule has 0 spiro atoms. The van der Waals surface area contributed by atoms with Crippen molar-refractivity contribution in [3.8, 4) is 11.5 Å². The number of nitrogens with zero attached hydrogens (tertiary/aromatic N) is 1. The molecule has 0 unspecified atom stereocenters. The van der Waals surface area contributed by atoms with Crippen molar-refractivity contribution in [3.63, 3.8) is 0 Å². The molecule has 2 aromatic rings. The normalized spacial score (nSPS) is 11.1. The van der Waals surface area contributed by atoms with Crippen molar-refractivity contribution in [2.45, 2.75) is 11.3 Å². The van der Waals surface area contributed by atoms with Crippen molar-refractivity contribution in [2.75, 3.05) is 20.8 Å². The predicted molar refractivity (Wildman–Crippen MR) is 91.5 cm³/mol. The van der Waals surface area contributed by atoms with Gasteiger partial charge in [0.25, 0.3) is 5.69 Å². The number of rotatable bonds is 8. The molecule has 1 N–H and O–H groups in total. The van der Waals surface area contributed by atoms with Crippen LogP contribution in [0.15, 0.2) is 47.4 Å². The number of benzene rings is 2. The average molecular weight is 366 g/mol. The highest BCUT2D eigenvalue weighted by atomic mass is 32.2. The minimum Gasteiger partial charge on any atom is -0.493 e. The molecular formula is C16H18N2O6S. The Bertz CT molecular complexity index is 849. The Morgan fingerprint density at radius 2 is 1.68 bits per heavy atom. The Kier molecular flexibility index (Phi) is 5.94. The zero-order valence-corrected chi connectivity index (χ0v) is 14.6. The van der Waals surface area contributed by atoms with Gasteiger partial charge < -0.3 is 9.47 Å². The van der Waals surface area contributed by atoms with Gasteiger partial charge in [0.2, 0.25) is 10.0 Å². The van der Waals surface area contributed by atoms with Crippen LogP contribution in [0.2, 0.25) is 0 Å². The number of methoxy groups -OCH3 is 2. The molecule has 0 amide bonds. The van der Waals surface area contributed by atoms with E-state index in [1.54, 1.807) is 12.1 Å². The van der Waals surface area contributed by atoms with Gasteiger partial charge in [-0.25, -0.2) is 13.1 Å². The first-order valence-corrected chi connectivity index (χ1v) is 8.80. The lowest BCUT2D eigenvalue weighted by Gasteiger charge is -2.11. The lowest BCUT2D eigenvalue weighted by atomic mass is 10.1. The second-order valence-corrected chi connectivity index (χ2v) is 6.86. The molecule has 0 aliphatic rings. The van der Waals surface area contributed by atoms with Gasteiger partial charge in [-0.3, -0.25) is 10.1 Å². The average Bonchev–Trinajstić information content (AvgIpc) is 2.61. The summed E-state index contributed by atoms with van der Waals surface area (Å²) in [4.78, 5) is 10.2. The summed E-state index contributed by atoms with van der Waals surface area (Å²) >= 11 is 0. The van der Waals surface area contributed by atoms with E-state index in [1.807, 2.05) is 0 Å². The fourth-order valence-electron chi connectivity index (χ4n) is 2.18. The number of nitrogens with one attached hydrogen (secondary N) is 1. The summed E-state index contributed by atoms with van der Waals surface area (Å²) in [5, 5.41) is 10.6. The summed E-state index contributed by atoms with van der Waals surface area (Å²) in [6.45, 7) is 0.161. The Labute approximate surface area is 145 Å². The Balaban J connectivity index is 2.03. The van der Waals surface area contributed by atoms with E-state index in [0.29, 0.717) is 17.9 Å². The number of nitro groups is 1. The number of hydrogen-bond donors (Lipinski definition) is 1. The molecule has 9 heteroatoms. The van der Waals surface area contributed by atoms with E-state index >= 15 is 0 Å². The van der Waals surface area contributed by atoms with E-state index in [1.165, 1.54) is 44.6 Å². The van der Waals surface area contributed by atoms with Crippen molar-refractivity contribution in [1.29, 1.82) is 0 Å². The van der Waals surface area contributed by atoms with Gasteiger partial charge in [0.15, 0.2) is 11.5 Å². The fraction of sp³-hybridized carbons (Fsp3) is 0.250. The van der Waals surface area contributed by atoms with Crippen LogP contribution in [0.5, 0.6) is 11.5 Å². The van der Waals surface area contributed by atoms with Crippen LogP contribution in [0.25, 0.3) is 0 Å². The van der Waals surface area contributed by atoms with Crippen LogP contribution in [-0.2, 0) is 16.4 Å². The van der Waals surface area contributed by atoms with Crippen molar-refractivity contribution in [3.05, 3.63) is 58.1 Å². The predicted octanol–water partition coefficient (Wildman–Crippen LogP) is 2.13. The number of ether oxygens (including phenoxy) is 2. The Morgan fingerprint density at radius 3 is 2.24 bits per heavy atom. The minimum atomic E-state index is -3.70. The first-order chi connectivity index (χ1) is 11.9. The molecule has 0 aromatic heterocycles. The van der Waals surface area contributed by atoms with E-state index in [2.05, 4.69) is 4.72 Å². The van der Waals surface area contributed by atoms with Crippen LogP contribution in [0, 0.1) is 10.1 Å². The third-order valence-corrected chi connectivity index (χ3v) is 4.98. The third kappa shape index (κ3) is 4.68. The second kappa shape index (κ2) is 7.95. The number of sulfonamides is 1. The molecule has 134 valence electrons. The molecule has 25 heavy (non-hydrogen) atoms. The van der Waals surface area contributed by atoms with Crippen LogP contribution in [0.4, 0.5) is 5.69 Å².